The summed E-state index contributed by atoms with van der Waals surface area (Å²) in [6.07, 6.45) is 8.29. The SMILES string of the molecule is CCCCC[C@@H](C[N+]1(C)CCOCC1)C(=O)/C=C/c1ccccc1. The summed E-state index contributed by atoms with van der Waals surface area (Å²) < 4.78 is 6.46. The van der Waals surface area contributed by atoms with E-state index in [-0.39, 0.29) is 11.7 Å². The predicted octanol–water partition coefficient (Wildman–Crippen LogP) is 3.94. The number of allylic oxidation sites excluding steroid dienone is 1. The van der Waals surface area contributed by atoms with Crippen LogP contribution >= 0.6 is 0 Å². The van der Waals surface area contributed by atoms with Gasteiger partial charge in [0, 0.05) is 0 Å². The van der Waals surface area contributed by atoms with Gasteiger partial charge in [0.15, 0.2) is 5.78 Å². The van der Waals surface area contributed by atoms with Gasteiger partial charge < -0.3 is 9.22 Å². The van der Waals surface area contributed by atoms with E-state index >= 15 is 0 Å². The van der Waals surface area contributed by atoms with Crippen molar-refractivity contribution in [3.05, 3.63) is 42.0 Å². The molecule has 1 saturated heterocycles. The third-order valence-electron chi connectivity index (χ3n) is 5.01. The second-order valence-corrected chi connectivity index (χ2v) is 7.20. The quantitative estimate of drug-likeness (QED) is 0.389. The van der Waals surface area contributed by atoms with Crippen LogP contribution in [0.4, 0.5) is 0 Å². The fourth-order valence-electron chi connectivity index (χ4n) is 3.34. The number of ether oxygens (including phenoxy) is 1. The normalized spacial score (nSPS) is 18.6. The van der Waals surface area contributed by atoms with Gasteiger partial charge in [-0.1, -0.05) is 62.6 Å². The summed E-state index contributed by atoms with van der Waals surface area (Å²) in [5.41, 5.74) is 1.09. The molecule has 0 bridgehead atoms. The number of rotatable bonds is 9. The van der Waals surface area contributed by atoms with E-state index in [0.29, 0.717) is 0 Å². The lowest BCUT2D eigenvalue weighted by molar-refractivity contribution is -0.919. The lowest BCUT2D eigenvalue weighted by Crippen LogP contribution is -2.54. The highest BCUT2D eigenvalue weighted by Gasteiger charge is 2.31. The third-order valence-corrected chi connectivity index (χ3v) is 5.01. The molecular formula is C21H32NO2+. The maximum Gasteiger partial charge on any atom is 0.164 e. The van der Waals surface area contributed by atoms with Gasteiger partial charge >= 0.3 is 0 Å². The van der Waals surface area contributed by atoms with Crippen LogP contribution in [-0.2, 0) is 9.53 Å². The summed E-state index contributed by atoms with van der Waals surface area (Å²) >= 11 is 0. The zero-order valence-electron chi connectivity index (χ0n) is 15.2. The number of benzene rings is 1. The van der Waals surface area contributed by atoms with Crippen LogP contribution in [-0.4, -0.2) is 50.2 Å². The number of likely N-dealkylation sites (N-methyl/N-ethyl adjacent to an activating group) is 1. The third kappa shape index (κ3) is 6.21. The van der Waals surface area contributed by atoms with Crippen molar-refractivity contribution in [2.75, 3.05) is 39.9 Å². The molecule has 0 amide bonds. The van der Waals surface area contributed by atoms with Crippen molar-refractivity contribution < 1.29 is 14.0 Å². The smallest absolute Gasteiger partial charge is 0.164 e. The Kier molecular flexibility index (Phi) is 7.67. The fourth-order valence-corrected chi connectivity index (χ4v) is 3.34. The average Bonchev–Trinajstić information content (AvgIpc) is 2.60. The minimum Gasteiger partial charge on any atom is -0.370 e. The standard InChI is InChI=1S/C21H32NO2/c1-3-4-6-11-20(18-22(2)14-16-24-17-15-22)21(23)13-12-19-9-7-5-8-10-19/h5,7-10,12-13,20H,3-4,6,11,14-18H2,1-2H3/q+1/b13-12+/t20-/m0/s1. The van der Waals surface area contributed by atoms with Crippen LogP contribution in [0.5, 0.6) is 0 Å². The number of hydrogen-bond acceptors (Lipinski definition) is 2. The Hall–Kier alpha value is -1.45. The molecule has 0 aliphatic carbocycles. The number of nitrogens with zero attached hydrogens (tertiary/aromatic N) is 1. The van der Waals surface area contributed by atoms with E-state index in [2.05, 4.69) is 14.0 Å². The number of ketones is 1. The molecule has 3 heteroatoms. The van der Waals surface area contributed by atoms with Crippen molar-refractivity contribution in [2.24, 2.45) is 5.92 Å². The molecule has 132 valence electrons. The summed E-state index contributed by atoms with van der Waals surface area (Å²) in [6, 6.07) is 10.1. The van der Waals surface area contributed by atoms with Crippen LogP contribution in [0, 0.1) is 5.92 Å². The fraction of sp³-hybridized carbons (Fsp3) is 0.571. The molecule has 0 spiro atoms. The molecule has 1 atom stereocenters. The lowest BCUT2D eigenvalue weighted by Gasteiger charge is -2.39. The van der Waals surface area contributed by atoms with Crippen molar-refractivity contribution in [1.82, 2.24) is 0 Å². The molecule has 0 N–H and O–H groups in total. The summed E-state index contributed by atoms with van der Waals surface area (Å²) in [7, 11) is 2.27. The largest absolute Gasteiger partial charge is 0.370 e. The Balaban J connectivity index is 2.00. The monoisotopic (exact) mass is 330 g/mol. The van der Waals surface area contributed by atoms with Crippen molar-refractivity contribution in [3.63, 3.8) is 0 Å². The van der Waals surface area contributed by atoms with Crippen molar-refractivity contribution in [3.8, 4) is 0 Å². The Morgan fingerprint density at radius 2 is 1.92 bits per heavy atom. The van der Waals surface area contributed by atoms with Crippen LogP contribution in [0.15, 0.2) is 36.4 Å². The molecule has 3 nitrogen and oxygen atoms in total. The molecule has 1 heterocycles. The predicted molar refractivity (Wildman–Crippen MR) is 99.7 cm³/mol. The van der Waals surface area contributed by atoms with E-state index in [0.717, 1.165) is 55.7 Å². The number of carbonyl (C=O) groups is 1. The molecule has 1 aromatic carbocycles. The molecule has 0 aromatic heterocycles. The minimum absolute atomic E-state index is 0.125. The van der Waals surface area contributed by atoms with Crippen LogP contribution in [0.3, 0.4) is 0 Å². The molecule has 1 aliphatic rings. The maximum absolute atomic E-state index is 12.8. The zero-order chi connectivity index (χ0) is 17.3. The van der Waals surface area contributed by atoms with Gasteiger partial charge in [0.2, 0.25) is 0 Å². The summed E-state index contributed by atoms with van der Waals surface area (Å²) in [5.74, 6) is 0.403. The van der Waals surface area contributed by atoms with Gasteiger partial charge in [0.05, 0.1) is 32.7 Å². The minimum atomic E-state index is 0.125. The molecule has 1 fully saturated rings. The second-order valence-electron chi connectivity index (χ2n) is 7.20. The number of carbonyl (C=O) groups excluding carboxylic acids is 1. The molecule has 1 aliphatic heterocycles. The molecule has 0 saturated carbocycles. The van der Waals surface area contributed by atoms with Gasteiger partial charge in [0.1, 0.15) is 13.1 Å². The number of quaternary nitrogens is 1. The first-order valence-electron chi connectivity index (χ1n) is 9.31. The second kappa shape index (κ2) is 9.75. The van der Waals surface area contributed by atoms with Crippen LogP contribution in [0.2, 0.25) is 0 Å². The van der Waals surface area contributed by atoms with Crippen molar-refractivity contribution in [1.29, 1.82) is 0 Å². The van der Waals surface area contributed by atoms with Crippen LogP contribution < -0.4 is 0 Å². The Morgan fingerprint density at radius 1 is 1.21 bits per heavy atom. The Bertz CT molecular complexity index is 518. The average molecular weight is 330 g/mol. The highest BCUT2D eigenvalue weighted by molar-refractivity contribution is 5.95. The number of unbranched alkanes of at least 4 members (excludes halogenated alkanes) is 2. The molecular weight excluding hydrogens is 298 g/mol. The topological polar surface area (TPSA) is 26.3 Å². The first-order chi connectivity index (χ1) is 11.6. The van der Waals surface area contributed by atoms with Gasteiger partial charge in [-0.15, -0.1) is 0 Å². The van der Waals surface area contributed by atoms with E-state index in [1.807, 2.05) is 36.4 Å². The van der Waals surface area contributed by atoms with E-state index in [4.69, 9.17) is 4.74 Å². The first-order valence-corrected chi connectivity index (χ1v) is 9.31. The molecule has 1 aromatic rings. The lowest BCUT2D eigenvalue weighted by atomic mass is 9.94. The zero-order valence-corrected chi connectivity index (χ0v) is 15.2. The van der Waals surface area contributed by atoms with E-state index < -0.39 is 0 Å². The molecule has 24 heavy (non-hydrogen) atoms. The summed E-state index contributed by atoms with van der Waals surface area (Å²) in [5, 5.41) is 0. The van der Waals surface area contributed by atoms with Crippen molar-refractivity contribution in [2.45, 2.75) is 32.6 Å². The van der Waals surface area contributed by atoms with Crippen LogP contribution in [0.1, 0.15) is 38.2 Å². The maximum atomic E-state index is 12.8. The summed E-state index contributed by atoms with van der Waals surface area (Å²) in [4.78, 5) is 12.8. The van der Waals surface area contributed by atoms with Gasteiger partial charge in [-0.25, -0.2) is 0 Å². The van der Waals surface area contributed by atoms with Crippen LogP contribution in [0.25, 0.3) is 6.08 Å². The van der Waals surface area contributed by atoms with Gasteiger partial charge in [-0.2, -0.15) is 0 Å². The van der Waals surface area contributed by atoms with Gasteiger partial charge in [-0.05, 0) is 18.1 Å². The highest BCUT2D eigenvalue weighted by atomic mass is 16.5. The van der Waals surface area contributed by atoms with E-state index in [1.54, 1.807) is 6.08 Å². The van der Waals surface area contributed by atoms with Gasteiger partial charge in [-0.3, -0.25) is 4.79 Å². The van der Waals surface area contributed by atoms with Gasteiger partial charge in [0.25, 0.3) is 0 Å². The van der Waals surface area contributed by atoms with E-state index in [1.165, 1.54) is 12.8 Å². The molecule has 0 radical (unpaired) electrons. The highest BCUT2D eigenvalue weighted by Crippen LogP contribution is 2.19. The molecule has 0 unspecified atom stereocenters. The Labute approximate surface area is 146 Å². The van der Waals surface area contributed by atoms with E-state index in [9.17, 15) is 4.79 Å². The summed E-state index contributed by atoms with van der Waals surface area (Å²) in [6.45, 7) is 6.80. The number of hydrogen-bond donors (Lipinski definition) is 0. The molecule has 2 rings (SSSR count). The number of morpholine rings is 1. The first kappa shape index (κ1) is 18.9. The Morgan fingerprint density at radius 3 is 2.58 bits per heavy atom. The van der Waals surface area contributed by atoms with Crippen molar-refractivity contribution >= 4 is 11.9 Å².